The lowest BCUT2D eigenvalue weighted by Gasteiger charge is -2.55. The fraction of sp³-hybridized carbons (Fsp3) is 0.850. The SMILES string of the molecule is CCN(CC)C(=O)CNC(=O)CCNC(=O)C12CC3CC(CC(C3)C1)C2. The molecule has 4 saturated carbocycles. The summed E-state index contributed by atoms with van der Waals surface area (Å²) in [6, 6.07) is 0. The molecule has 0 saturated heterocycles. The molecule has 146 valence electrons. The number of rotatable bonds is 8. The van der Waals surface area contributed by atoms with Crippen molar-refractivity contribution in [3.8, 4) is 0 Å². The Morgan fingerprint density at radius 2 is 1.46 bits per heavy atom. The molecule has 0 heterocycles. The minimum atomic E-state index is -0.184. The first kappa shape index (κ1) is 19.2. The maximum Gasteiger partial charge on any atom is 0.241 e. The van der Waals surface area contributed by atoms with Gasteiger partial charge in [-0.3, -0.25) is 14.4 Å². The third-order valence-electron chi connectivity index (χ3n) is 6.71. The van der Waals surface area contributed by atoms with Crippen LogP contribution in [-0.4, -0.2) is 48.8 Å². The summed E-state index contributed by atoms with van der Waals surface area (Å²) in [6.45, 7) is 5.51. The molecule has 0 aromatic heterocycles. The number of nitrogens with zero attached hydrogens (tertiary/aromatic N) is 1. The monoisotopic (exact) mass is 363 g/mol. The fourth-order valence-electron chi connectivity index (χ4n) is 5.82. The molecule has 0 spiro atoms. The second kappa shape index (κ2) is 7.97. The molecule has 6 nitrogen and oxygen atoms in total. The lowest BCUT2D eigenvalue weighted by molar-refractivity contribution is -0.146. The van der Waals surface area contributed by atoms with Crippen molar-refractivity contribution in [3.05, 3.63) is 0 Å². The number of carbonyl (C=O) groups is 3. The third kappa shape index (κ3) is 4.04. The van der Waals surface area contributed by atoms with Gasteiger partial charge in [0.2, 0.25) is 17.7 Å². The Morgan fingerprint density at radius 3 is 1.96 bits per heavy atom. The van der Waals surface area contributed by atoms with Crippen molar-refractivity contribution >= 4 is 17.7 Å². The molecule has 0 radical (unpaired) electrons. The molecule has 4 aliphatic rings. The Hall–Kier alpha value is -1.59. The molecule has 3 amide bonds. The van der Waals surface area contributed by atoms with E-state index in [1.807, 2.05) is 13.8 Å². The van der Waals surface area contributed by atoms with Gasteiger partial charge in [-0.2, -0.15) is 0 Å². The van der Waals surface area contributed by atoms with E-state index in [9.17, 15) is 14.4 Å². The largest absolute Gasteiger partial charge is 0.355 e. The van der Waals surface area contributed by atoms with Crippen LogP contribution in [0.3, 0.4) is 0 Å². The highest BCUT2D eigenvalue weighted by molar-refractivity contribution is 5.86. The molecule has 2 N–H and O–H groups in total. The molecule has 4 fully saturated rings. The topological polar surface area (TPSA) is 78.5 Å². The van der Waals surface area contributed by atoms with E-state index in [0.29, 0.717) is 19.6 Å². The summed E-state index contributed by atoms with van der Waals surface area (Å²) in [6.07, 6.45) is 7.28. The van der Waals surface area contributed by atoms with Crippen molar-refractivity contribution in [2.24, 2.45) is 23.2 Å². The maximum atomic E-state index is 12.8. The van der Waals surface area contributed by atoms with Gasteiger partial charge in [-0.15, -0.1) is 0 Å². The van der Waals surface area contributed by atoms with E-state index >= 15 is 0 Å². The van der Waals surface area contributed by atoms with E-state index in [1.165, 1.54) is 19.3 Å². The summed E-state index contributed by atoms with van der Waals surface area (Å²) in [5.74, 6) is 2.12. The Labute approximate surface area is 156 Å². The number of carbonyl (C=O) groups excluding carboxylic acids is 3. The Balaban J connectivity index is 1.39. The van der Waals surface area contributed by atoms with Crippen molar-refractivity contribution < 1.29 is 14.4 Å². The molecule has 0 atom stereocenters. The van der Waals surface area contributed by atoms with E-state index in [4.69, 9.17) is 0 Å². The molecule has 4 bridgehead atoms. The highest BCUT2D eigenvalue weighted by atomic mass is 16.2. The second-order valence-electron chi connectivity index (χ2n) is 8.55. The molecular formula is C20H33N3O3. The highest BCUT2D eigenvalue weighted by Crippen LogP contribution is 2.60. The van der Waals surface area contributed by atoms with E-state index in [1.54, 1.807) is 4.90 Å². The lowest BCUT2D eigenvalue weighted by Crippen LogP contribution is -2.53. The van der Waals surface area contributed by atoms with Gasteiger partial charge in [0.25, 0.3) is 0 Å². The molecule has 0 aromatic rings. The zero-order valence-electron chi connectivity index (χ0n) is 16.2. The van der Waals surface area contributed by atoms with Crippen molar-refractivity contribution in [2.45, 2.75) is 58.8 Å². The molecule has 0 aromatic carbocycles. The molecule has 0 unspecified atom stereocenters. The highest BCUT2D eigenvalue weighted by Gasteiger charge is 2.54. The summed E-state index contributed by atoms with van der Waals surface area (Å²) in [4.78, 5) is 38.3. The van der Waals surface area contributed by atoms with Crippen molar-refractivity contribution in [1.29, 1.82) is 0 Å². The maximum absolute atomic E-state index is 12.8. The first-order valence-corrected chi connectivity index (χ1v) is 10.3. The smallest absolute Gasteiger partial charge is 0.241 e. The minimum absolute atomic E-state index is 0.0312. The molecule has 0 aliphatic heterocycles. The van der Waals surface area contributed by atoms with Crippen molar-refractivity contribution in [2.75, 3.05) is 26.2 Å². The van der Waals surface area contributed by atoms with Crippen LogP contribution >= 0.6 is 0 Å². The van der Waals surface area contributed by atoms with Crippen LogP contribution in [0, 0.1) is 23.2 Å². The van der Waals surface area contributed by atoms with Crippen molar-refractivity contribution in [1.82, 2.24) is 15.5 Å². The van der Waals surface area contributed by atoms with Crippen LogP contribution in [0.25, 0.3) is 0 Å². The van der Waals surface area contributed by atoms with Gasteiger partial charge in [0.1, 0.15) is 0 Å². The standard InChI is InChI=1S/C20H33N3O3/c1-3-23(4-2)18(25)13-22-17(24)5-6-21-19(26)20-10-14-7-15(11-20)9-16(8-14)12-20/h14-16H,3-13H2,1-2H3,(H,21,26)(H,22,24). The van der Waals surface area contributed by atoms with E-state index in [2.05, 4.69) is 10.6 Å². The third-order valence-corrected chi connectivity index (χ3v) is 6.71. The zero-order chi connectivity index (χ0) is 18.7. The number of hydrogen-bond acceptors (Lipinski definition) is 3. The van der Waals surface area contributed by atoms with Crippen LogP contribution in [0.5, 0.6) is 0 Å². The molecular weight excluding hydrogens is 330 g/mol. The van der Waals surface area contributed by atoms with Crippen molar-refractivity contribution in [3.63, 3.8) is 0 Å². The Kier molecular flexibility index (Phi) is 5.88. The molecule has 4 aliphatic carbocycles. The Bertz CT molecular complexity index is 521. The quantitative estimate of drug-likeness (QED) is 0.689. The summed E-state index contributed by atoms with van der Waals surface area (Å²) < 4.78 is 0. The van der Waals surface area contributed by atoms with Crippen LogP contribution in [0.15, 0.2) is 0 Å². The number of nitrogens with one attached hydrogen (secondary N) is 2. The van der Waals surface area contributed by atoms with E-state index < -0.39 is 0 Å². The first-order chi connectivity index (χ1) is 12.5. The second-order valence-corrected chi connectivity index (χ2v) is 8.55. The van der Waals surface area contributed by atoms with E-state index in [0.717, 1.165) is 37.0 Å². The predicted octanol–water partition coefficient (Wildman–Crippen LogP) is 1.69. The number of likely N-dealkylation sites (N-methyl/N-ethyl adjacent to an activating group) is 1. The summed E-state index contributed by atoms with van der Waals surface area (Å²) >= 11 is 0. The summed E-state index contributed by atoms with van der Waals surface area (Å²) in [7, 11) is 0. The van der Waals surface area contributed by atoms with E-state index in [-0.39, 0.29) is 36.1 Å². The Morgan fingerprint density at radius 1 is 0.923 bits per heavy atom. The summed E-state index contributed by atoms with van der Waals surface area (Å²) in [5, 5.41) is 5.67. The normalized spacial score (nSPS) is 31.5. The minimum Gasteiger partial charge on any atom is -0.355 e. The lowest BCUT2D eigenvalue weighted by atomic mass is 9.49. The zero-order valence-corrected chi connectivity index (χ0v) is 16.2. The average Bonchev–Trinajstić information content (AvgIpc) is 2.59. The van der Waals surface area contributed by atoms with Gasteiger partial charge in [0.05, 0.1) is 6.54 Å². The van der Waals surface area contributed by atoms with Crippen LogP contribution in [0.1, 0.15) is 58.8 Å². The predicted molar refractivity (Wildman–Crippen MR) is 99.2 cm³/mol. The molecule has 4 rings (SSSR count). The van der Waals surface area contributed by atoms with Gasteiger partial charge >= 0.3 is 0 Å². The van der Waals surface area contributed by atoms with Crippen LogP contribution in [0.2, 0.25) is 0 Å². The number of amides is 3. The summed E-state index contributed by atoms with van der Waals surface area (Å²) in [5.41, 5.74) is -0.163. The molecule has 6 heteroatoms. The van der Waals surface area contributed by atoms with Gasteiger partial charge in [-0.05, 0) is 70.1 Å². The van der Waals surface area contributed by atoms with Gasteiger partial charge in [0.15, 0.2) is 0 Å². The van der Waals surface area contributed by atoms with Gasteiger partial charge in [0, 0.05) is 31.5 Å². The average molecular weight is 364 g/mol. The van der Waals surface area contributed by atoms with Crippen LogP contribution < -0.4 is 10.6 Å². The number of hydrogen-bond donors (Lipinski definition) is 2. The first-order valence-electron chi connectivity index (χ1n) is 10.3. The van der Waals surface area contributed by atoms with Gasteiger partial charge in [-0.1, -0.05) is 0 Å². The van der Waals surface area contributed by atoms with Gasteiger partial charge in [-0.25, -0.2) is 0 Å². The van der Waals surface area contributed by atoms with Crippen LogP contribution in [-0.2, 0) is 14.4 Å². The molecule has 26 heavy (non-hydrogen) atoms. The van der Waals surface area contributed by atoms with Crippen LogP contribution in [0.4, 0.5) is 0 Å². The van der Waals surface area contributed by atoms with Gasteiger partial charge < -0.3 is 15.5 Å². The fourth-order valence-corrected chi connectivity index (χ4v) is 5.82.